The molecule has 1 aromatic heterocycles. The summed E-state index contributed by atoms with van der Waals surface area (Å²) < 4.78 is 40.7. The van der Waals surface area contributed by atoms with Gasteiger partial charge in [-0.05, 0) is 18.6 Å². The second-order valence-electron chi connectivity index (χ2n) is 5.72. The molecular formula is C16H14F3N3O3. The van der Waals surface area contributed by atoms with E-state index in [1.807, 2.05) is 0 Å². The number of aromatic nitrogens is 2. The minimum absolute atomic E-state index is 0.0110. The van der Waals surface area contributed by atoms with Crippen molar-refractivity contribution in [2.75, 3.05) is 6.54 Å². The zero-order valence-corrected chi connectivity index (χ0v) is 13.2. The molecule has 1 aromatic carbocycles. The number of amides is 1. The lowest BCUT2D eigenvalue weighted by atomic mass is 10.0. The Bertz CT molecular complexity index is 858. The van der Waals surface area contributed by atoms with Crippen molar-refractivity contribution in [1.29, 1.82) is 0 Å². The predicted octanol–water partition coefficient (Wildman–Crippen LogP) is 2.34. The van der Waals surface area contributed by atoms with Crippen LogP contribution in [0.1, 0.15) is 37.7 Å². The van der Waals surface area contributed by atoms with Crippen LogP contribution in [0.2, 0.25) is 0 Å². The Labute approximate surface area is 140 Å². The molecule has 2 heterocycles. The first-order chi connectivity index (χ1) is 11.7. The Balaban J connectivity index is 1.93. The van der Waals surface area contributed by atoms with Gasteiger partial charge in [-0.2, -0.15) is 18.3 Å². The maximum atomic E-state index is 13.1. The quantitative estimate of drug-likeness (QED) is 0.899. The molecule has 0 radical (unpaired) electrons. The van der Waals surface area contributed by atoms with Gasteiger partial charge in [0.2, 0.25) is 0 Å². The van der Waals surface area contributed by atoms with E-state index in [0.29, 0.717) is 11.3 Å². The third-order valence-corrected chi connectivity index (χ3v) is 4.20. The Morgan fingerprint density at radius 3 is 2.56 bits per heavy atom. The van der Waals surface area contributed by atoms with E-state index in [1.165, 1.54) is 21.7 Å². The number of aryl methyl sites for hydroxylation is 1. The van der Waals surface area contributed by atoms with Crippen LogP contribution in [-0.2, 0) is 26.2 Å². The Hall–Kier alpha value is -2.84. The first-order valence-electron chi connectivity index (χ1n) is 7.43. The summed E-state index contributed by atoms with van der Waals surface area (Å²) in [5.74, 6) is -1.91. The molecule has 9 heteroatoms. The summed E-state index contributed by atoms with van der Waals surface area (Å²) in [6.07, 6.45) is -4.40. The first kappa shape index (κ1) is 17.0. The highest BCUT2D eigenvalue weighted by Gasteiger charge is 2.37. The van der Waals surface area contributed by atoms with Gasteiger partial charge in [-0.3, -0.25) is 9.48 Å². The van der Waals surface area contributed by atoms with E-state index in [4.69, 9.17) is 5.11 Å². The molecule has 0 fully saturated rings. The van der Waals surface area contributed by atoms with Crippen LogP contribution < -0.4 is 0 Å². The molecule has 1 aliphatic rings. The van der Waals surface area contributed by atoms with Gasteiger partial charge in [0.1, 0.15) is 0 Å². The smallest absolute Gasteiger partial charge is 0.417 e. The first-order valence-corrected chi connectivity index (χ1v) is 7.43. The molecule has 2 aromatic rings. The number of hydrogen-bond acceptors (Lipinski definition) is 3. The molecular weight excluding hydrogens is 339 g/mol. The molecule has 1 amide bonds. The van der Waals surface area contributed by atoms with Crippen molar-refractivity contribution in [2.24, 2.45) is 7.05 Å². The van der Waals surface area contributed by atoms with Gasteiger partial charge in [-0.25, -0.2) is 4.79 Å². The van der Waals surface area contributed by atoms with Gasteiger partial charge < -0.3 is 10.0 Å². The third-order valence-electron chi connectivity index (χ3n) is 4.20. The average molecular weight is 353 g/mol. The number of carboxylic acid groups (broad SMARTS) is 1. The zero-order valence-electron chi connectivity index (χ0n) is 13.2. The number of carbonyl (C=O) groups is 2. The Morgan fingerprint density at radius 1 is 1.24 bits per heavy atom. The molecule has 1 N–H and O–H groups in total. The fourth-order valence-corrected chi connectivity index (χ4v) is 3.00. The lowest BCUT2D eigenvalue weighted by Crippen LogP contribution is -2.37. The maximum absolute atomic E-state index is 13.1. The summed E-state index contributed by atoms with van der Waals surface area (Å²) in [7, 11) is 1.54. The van der Waals surface area contributed by atoms with Crippen LogP contribution in [0.15, 0.2) is 24.3 Å². The summed E-state index contributed by atoms with van der Waals surface area (Å²) in [6, 6.07) is 4.63. The van der Waals surface area contributed by atoms with Crippen molar-refractivity contribution in [2.45, 2.75) is 19.1 Å². The van der Waals surface area contributed by atoms with Crippen molar-refractivity contribution in [3.05, 3.63) is 52.3 Å². The zero-order chi connectivity index (χ0) is 18.4. The average Bonchev–Trinajstić information content (AvgIpc) is 2.90. The fraction of sp³-hybridized carbons (Fsp3) is 0.312. The lowest BCUT2D eigenvalue weighted by molar-refractivity contribution is -0.138. The van der Waals surface area contributed by atoms with E-state index in [1.54, 1.807) is 7.05 Å². The number of nitrogens with zero attached hydrogens (tertiary/aromatic N) is 3. The van der Waals surface area contributed by atoms with Gasteiger partial charge in [0, 0.05) is 19.2 Å². The summed E-state index contributed by atoms with van der Waals surface area (Å²) >= 11 is 0. The fourth-order valence-electron chi connectivity index (χ4n) is 3.00. The minimum Gasteiger partial charge on any atom is -0.476 e. The highest BCUT2D eigenvalue weighted by Crippen LogP contribution is 2.33. The van der Waals surface area contributed by atoms with Crippen LogP contribution >= 0.6 is 0 Å². The number of benzene rings is 1. The van der Waals surface area contributed by atoms with Gasteiger partial charge in [-0.1, -0.05) is 12.1 Å². The summed E-state index contributed by atoms with van der Waals surface area (Å²) in [6.45, 7) is 0.140. The molecule has 0 atom stereocenters. The van der Waals surface area contributed by atoms with E-state index < -0.39 is 29.2 Å². The van der Waals surface area contributed by atoms with Crippen LogP contribution in [0.25, 0.3) is 0 Å². The molecule has 0 saturated carbocycles. The van der Waals surface area contributed by atoms with Gasteiger partial charge in [-0.15, -0.1) is 0 Å². The van der Waals surface area contributed by atoms with Crippen molar-refractivity contribution < 1.29 is 27.9 Å². The van der Waals surface area contributed by atoms with Gasteiger partial charge in [0.05, 0.1) is 23.4 Å². The Kier molecular flexibility index (Phi) is 4.02. The predicted molar refractivity (Wildman–Crippen MR) is 80.1 cm³/mol. The number of rotatable bonds is 2. The topological polar surface area (TPSA) is 75.4 Å². The number of alkyl halides is 3. The number of hydrogen-bond donors (Lipinski definition) is 1. The normalized spacial score (nSPS) is 14.3. The summed E-state index contributed by atoms with van der Waals surface area (Å²) in [5.41, 5.74) is -0.453. The van der Waals surface area contributed by atoms with Crippen LogP contribution in [-0.4, -0.2) is 38.2 Å². The molecule has 0 aliphatic carbocycles. The van der Waals surface area contributed by atoms with E-state index in [0.717, 1.165) is 12.1 Å². The van der Waals surface area contributed by atoms with Crippen LogP contribution in [0, 0.1) is 0 Å². The number of carbonyl (C=O) groups excluding carboxylic acids is 1. The SMILES string of the molecule is Cn1nc(C(=O)O)c2c1CN(C(=O)c1ccccc1C(F)(F)F)CC2. The molecule has 25 heavy (non-hydrogen) atoms. The monoisotopic (exact) mass is 353 g/mol. The molecule has 6 nitrogen and oxygen atoms in total. The molecule has 3 rings (SSSR count). The van der Waals surface area contributed by atoms with E-state index in [9.17, 15) is 22.8 Å². The second kappa shape index (κ2) is 5.91. The largest absolute Gasteiger partial charge is 0.476 e. The second-order valence-corrected chi connectivity index (χ2v) is 5.72. The van der Waals surface area contributed by atoms with E-state index in [2.05, 4.69) is 5.10 Å². The molecule has 132 valence electrons. The molecule has 0 bridgehead atoms. The number of aromatic carboxylic acids is 1. The number of carboxylic acids is 1. The third kappa shape index (κ3) is 2.97. The minimum atomic E-state index is -4.63. The van der Waals surface area contributed by atoms with Crippen molar-refractivity contribution >= 4 is 11.9 Å². The maximum Gasteiger partial charge on any atom is 0.417 e. The highest BCUT2D eigenvalue weighted by atomic mass is 19.4. The van der Waals surface area contributed by atoms with Gasteiger partial charge >= 0.3 is 12.1 Å². The van der Waals surface area contributed by atoms with Crippen molar-refractivity contribution in [3.8, 4) is 0 Å². The molecule has 0 saturated heterocycles. The van der Waals surface area contributed by atoms with Gasteiger partial charge in [0.25, 0.3) is 5.91 Å². The summed E-state index contributed by atoms with van der Waals surface area (Å²) in [5, 5.41) is 13.1. The molecule has 0 unspecified atom stereocenters. The Morgan fingerprint density at radius 2 is 1.92 bits per heavy atom. The standard InChI is InChI=1S/C16H14F3N3O3/c1-21-12-8-22(7-6-10(12)13(20-21)15(24)25)14(23)9-4-2-3-5-11(9)16(17,18)19/h2-5H,6-8H2,1H3,(H,24,25). The van der Waals surface area contributed by atoms with Crippen molar-refractivity contribution in [3.63, 3.8) is 0 Å². The molecule has 0 spiro atoms. The summed E-state index contributed by atoms with van der Waals surface area (Å²) in [4.78, 5) is 25.1. The van der Waals surface area contributed by atoms with Crippen LogP contribution in [0.5, 0.6) is 0 Å². The lowest BCUT2D eigenvalue weighted by Gasteiger charge is -2.28. The van der Waals surface area contributed by atoms with Crippen LogP contribution in [0.3, 0.4) is 0 Å². The highest BCUT2D eigenvalue weighted by molar-refractivity contribution is 5.96. The number of halogens is 3. The van der Waals surface area contributed by atoms with Crippen LogP contribution in [0.4, 0.5) is 13.2 Å². The van der Waals surface area contributed by atoms with Crippen molar-refractivity contribution in [1.82, 2.24) is 14.7 Å². The molecule has 1 aliphatic heterocycles. The number of fused-ring (bicyclic) bond motifs is 1. The van der Waals surface area contributed by atoms with Gasteiger partial charge in [0.15, 0.2) is 5.69 Å². The van der Waals surface area contributed by atoms with E-state index >= 15 is 0 Å². The van der Waals surface area contributed by atoms with E-state index in [-0.39, 0.29) is 25.2 Å².